The smallest absolute Gasteiger partial charge is 0.340 e. The molecule has 7 nitrogen and oxygen atoms in total. The first kappa shape index (κ1) is 15.5. The number of ether oxygens (including phenoxy) is 2. The topological polar surface area (TPSA) is 77.7 Å². The van der Waals surface area contributed by atoms with Crippen molar-refractivity contribution in [3.63, 3.8) is 0 Å². The van der Waals surface area contributed by atoms with Gasteiger partial charge >= 0.3 is 5.97 Å². The van der Waals surface area contributed by atoms with Gasteiger partial charge in [-0.3, -0.25) is 0 Å². The molecule has 7 heteroatoms. The lowest BCUT2D eigenvalue weighted by Crippen LogP contribution is -2.36. The van der Waals surface area contributed by atoms with Crippen molar-refractivity contribution in [3.05, 3.63) is 40.9 Å². The molecule has 0 aromatic carbocycles. The van der Waals surface area contributed by atoms with Gasteiger partial charge in [-0.05, 0) is 26.0 Å². The normalized spacial score (nSPS) is 14.8. The van der Waals surface area contributed by atoms with Crippen molar-refractivity contribution in [1.29, 1.82) is 0 Å². The Morgan fingerprint density at radius 1 is 1.30 bits per heavy atom. The molecule has 122 valence electrons. The first-order valence-corrected chi connectivity index (χ1v) is 7.53. The number of hydrogen-bond acceptors (Lipinski definition) is 7. The number of carbonyl (C=O) groups is 1. The Bertz CT molecular complexity index is 656. The minimum absolute atomic E-state index is 0.144. The van der Waals surface area contributed by atoms with E-state index in [1.807, 2.05) is 13.0 Å². The first-order valence-electron chi connectivity index (χ1n) is 7.53. The summed E-state index contributed by atoms with van der Waals surface area (Å²) in [6.45, 7) is 6.77. The van der Waals surface area contributed by atoms with Crippen LogP contribution < -0.4 is 4.90 Å². The average Bonchev–Trinajstić information content (AvgIpc) is 2.92. The van der Waals surface area contributed by atoms with Crippen molar-refractivity contribution in [2.75, 3.05) is 31.2 Å². The molecule has 2 aromatic rings. The van der Waals surface area contributed by atoms with Crippen LogP contribution in [0.1, 0.15) is 27.4 Å². The van der Waals surface area contributed by atoms with Gasteiger partial charge in [-0.15, -0.1) is 0 Å². The highest BCUT2D eigenvalue weighted by atomic mass is 16.5. The van der Waals surface area contributed by atoms with Crippen molar-refractivity contribution in [3.8, 4) is 0 Å². The van der Waals surface area contributed by atoms with Crippen molar-refractivity contribution >= 4 is 11.8 Å². The molecule has 0 saturated carbocycles. The van der Waals surface area contributed by atoms with Gasteiger partial charge in [0.2, 0.25) is 0 Å². The molecule has 0 spiro atoms. The maximum Gasteiger partial charge on any atom is 0.340 e. The third kappa shape index (κ3) is 3.50. The van der Waals surface area contributed by atoms with Gasteiger partial charge in [-0.1, -0.05) is 5.16 Å². The van der Waals surface area contributed by atoms with E-state index in [1.54, 1.807) is 19.2 Å². The largest absolute Gasteiger partial charge is 0.457 e. The second-order valence-corrected chi connectivity index (χ2v) is 5.38. The molecule has 1 fully saturated rings. The van der Waals surface area contributed by atoms with Crippen molar-refractivity contribution in [2.45, 2.75) is 20.5 Å². The molecule has 2 aromatic heterocycles. The lowest BCUT2D eigenvalue weighted by molar-refractivity contribution is 0.0470. The number of esters is 1. The average molecular weight is 317 g/mol. The summed E-state index contributed by atoms with van der Waals surface area (Å²) >= 11 is 0. The van der Waals surface area contributed by atoms with Gasteiger partial charge < -0.3 is 18.9 Å². The van der Waals surface area contributed by atoms with Gasteiger partial charge in [0, 0.05) is 19.3 Å². The number of carbonyl (C=O) groups excluding carboxylic acids is 1. The van der Waals surface area contributed by atoms with E-state index >= 15 is 0 Å². The predicted molar refractivity (Wildman–Crippen MR) is 82.4 cm³/mol. The summed E-state index contributed by atoms with van der Waals surface area (Å²) in [4.78, 5) is 18.6. The maximum absolute atomic E-state index is 12.1. The fourth-order valence-electron chi connectivity index (χ4n) is 2.42. The van der Waals surface area contributed by atoms with Gasteiger partial charge in [-0.25, -0.2) is 9.78 Å². The van der Waals surface area contributed by atoms with Crippen LogP contribution in [0.5, 0.6) is 0 Å². The van der Waals surface area contributed by atoms with Crippen LogP contribution >= 0.6 is 0 Å². The van der Waals surface area contributed by atoms with Gasteiger partial charge in [0.05, 0.1) is 30.0 Å². The first-order chi connectivity index (χ1) is 11.1. The molecule has 3 rings (SSSR count). The summed E-state index contributed by atoms with van der Waals surface area (Å²) in [5.74, 6) is 1.10. The highest BCUT2D eigenvalue weighted by Gasteiger charge is 2.15. The SMILES string of the molecule is Cc1noc(C)c1COC(=O)c1ccc(N2CCOCC2)nc1. The quantitative estimate of drug-likeness (QED) is 0.797. The van der Waals surface area contributed by atoms with E-state index in [9.17, 15) is 4.79 Å². The summed E-state index contributed by atoms with van der Waals surface area (Å²) in [6, 6.07) is 3.56. The molecular formula is C16H19N3O4. The standard InChI is InChI=1S/C16H19N3O4/c1-11-14(12(2)23-18-11)10-22-16(20)13-3-4-15(17-9-13)19-5-7-21-8-6-19/h3-4,9H,5-8,10H2,1-2H3. The summed E-state index contributed by atoms with van der Waals surface area (Å²) in [5, 5.41) is 3.84. The monoisotopic (exact) mass is 317 g/mol. The molecule has 0 N–H and O–H groups in total. The van der Waals surface area contributed by atoms with E-state index in [0.29, 0.717) is 24.5 Å². The number of rotatable bonds is 4. The van der Waals surface area contributed by atoms with E-state index in [-0.39, 0.29) is 6.61 Å². The number of nitrogens with zero attached hydrogens (tertiary/aromatic N) is 3. The minimum Gasteiger partial charge on any atom is -0.457 e. The molecule has 23 heavy (non-hydrogen) atoms. The van der Waals surface area contributed by atoms with E-state index in [0.717, 1.165) is 30.2 Å². The molecule has 1 aliphatic heterocycles. The Morgan fingerprint density at radius 2 is 2.09 bits per heavy atom. The minimum atomic E-state index is -0.411. The predicted octanol–water partition coefficient (Wildman–Crippen LogP) is 1.88. The van der Waals surface area contributed by atoms with Crippen LogP contribution in [0.2, 0.25) is 0 Å². The fraction of sp³-hybridized carbons (Fsp3) is 0.438. The van der Waals surface area contributed by atoms with Crippen LogP contribution in [0.4, 0.5) is 5.82 Å². The van der Waals surface area contributed by atoms with Crippen LogP contribution in [0.25, 0.3) is 0 Å². The van der Waals surface area contributed by atoms with Gasteiger partial charge in [0.15, 0.2) is 0 Å². The molecule has 0 bridgehead atoms. The van der Waals surface area contributed by atoms with Gasteiger partial charge in [-0.2, -0.15) is 0 Å². The fourth-order valence-corrected chi connectivity index (χ4v) is 2.42. The Balaban J connectivity index is 1.61. The van der Waals surface area contributed by atoms with Crippen LogP contribution in [-0.2, 0) is 16.1 Å². The third-order valence-corrected chi connectivity index (χ3v) is 3.85. The lowest BCUT2D eigenvalue weighted by Gasteiger charge is -2.27. The molecule has 3 heterocycles. The third-order valence-electron chi connectivity index (χ3n) is 3.85. The summed E-state index contributed by atoms with van der Waals surface area (Å²) < 4.78 is 15.7. The van der Waals surface area contributed by atoms with E-state index in [1.165, 1.54) is 0 Å². The molecule has 0 amide bonds. The number of hydrogen-bond donors (Lipinski definition) is 0. The maximum atomic E-state index is 12.1. The van der Waals surface area contributed by atoms with Gasteiger partial charge in [0.25, 0.3) is 0 Å². The highest BCUT2D eigenvalue weighted by Crippen LogP contribution is 2.16. The van der Waals surface area contributed by atoms with Crippen molar-refractivity contribution in [1.82, 2.24) is 10.1 Å². The zero-order valence-corrected chi connectivity index (χ0v) is 13.2. The summed E-state index contributed by atoms with van der Waals surface area (Å²) in [7, 11) is 0. The molecule has 0 atom stereocenters. The Kier molecular flexibility index (Phi) is 4.57. The second-order valence-electron chi connectivity index (χ2n) is 5.38. The molecule has 1 saturated heterocycles. The zero-order chi connectivity index (χ0) is 16.2. The second kappa shape index (κ2) is 6.78. The lowest BCUT2D eigenvalue weighted by atomic mass is 10.2. The van der Waals surface area contributed by atoms with E-state index in [4.69, 9.17) is 14.0 Å². The highest BCUT2D eigenvalue weighted by molar-refractivity contribution is 5.89. The zero-order valence-electron chi connectivity index (χ0n) is 13.2. The van der Waals surface area contributed by atoms with Crippen LogP contribution in [-0.4, -0.2) is 42.4 Å². The number of aryl methyl sites for hydroxylation is 2. The molecular weight excluding hydrogens is 298 g/mol. The van der Waals surface area contributed by atoms with Crippen LogP contribution in [0.15, 0.2) is 22.9 Å². The number of morpholine rings is 1. The Hall–Kier alpha value is -2.41. The van der Waals surface area contributed by atoms with Crippen LogP contribution in [0.3, 0.4) is 0 Å². The van der Waals surface area contributed by atoms with Gasteiger partial charge in [0.1, 0.15) is 18.2 Å². The molecule has 0 unspecified atom stereocenters. The van der Waals surface area contributed by atoms with Crippen molar-refractivity contribution in [2.24, 2.45) is 0 Å². The number of aromatic nitrogens is 2. The van der Waals surface area contributed by atoms with E-state index in [2.05, 4.69) is 15.0 Å². The number of anilines is 1. The van der Waals surface area contributed by atoms with Crippen LogP contribution in [0, 0.1) is 13.8 Å². The Labute approximate surface area is 134 Å². The Morgan fingerprint density at radius 3 is 2.70 bits per heavy atom. The van der Waals surface area contributed by atoms with E-state index < -0.39 is 5.97 Å². The molecule has 0 aliphatic carbocycles. The number of pyridine rings is 1. The summed E-state index contributed by atoms with van der Waals surface area (Å²) in [6.07, 6.45) is 1.54. The summed E-state index contributed by atoms with van der Waals surface area (Å²) in [5.41, 5.74) is 1.96. The van der Waals surface area contributed by atoms with Crippen molar-refractivity contribution < 1.29 is 18.8 Å². The molecule has 0 radical (unpaired) electrons. The molecule has 1 aliphatic rings.